The zero-order valence-electron chi connectivity index (χ0n) is 11.0. The number of hydrogen-bond acceptors (Lipinski definition) is 2. The van der Waals surface area contributed by atoms with Crippen LogP contribution in [0.25, 0.3) is 11.0 Å². The molecule has 0 aliphatic rings. The zero-order valence-corrected chi connectivity index (χ0v) is 11.0. The molecule has 3 rings (SSSR count). The summed E-state index contributed by atoms with van der Waals surface area (Å²) >= 11 is 0. The van der Waals surface area contributed by atoms with E-state index >= 15 is 0 Å². The molecule has 0 bridgehead atoms. The maximum Gasteiger partial charge on any atom is 0.0958 e. The van der Waals surface area contributed by atoms with Gasteiger partial charge in [0.25, 0.3) is 0 Å². The molecular weight excluding hydrogens is 234 g/mol. The van der Waals surface area contributed by atoms with Crippen LogP contribution >= 0.6 is 0 Å². The first kappa shape index (κ1) is 11.8. The summed E-state index contributed by atoms with van der Waals surface area (Å²) in [7, 11) is 0. The number of aryl methyl sites for hydroxylation is 1. The van der Waals surface area contributed by atoms with Crippen molar-refractivity contribution in [3.63, 3.8) is 0 Å². The lowest BCUT2D eigenvalue weighted by atomic mass is 10.2. The quantitative estimate of drug-likeness (QED) is 0.769. The number of para-hydroxylation sites is 3. The Morgan fingerprint density at radius 1 is 1.05 bits per heavy atom. The van der Waals surface area contributed by atoms with E-state index in [9.17, 15) is 0 Å². The minimum Gasteiger partial charge on any atom is -0.383 e. The summed E-state index contributed by atoms with van der Waals surface area (Å²) in [4.78, 5) is 4.40. The van der Waals surface area contributed by atoms with Crippen molar-refractivity contribution in [1.29, 1.82) is 0 Å². The van der Waals surface area contributed by atoms with Crippen molar-refractivity contribution >= 4 is 16.7 Å². The van der Waals surface area contributed by atoms with E-state index in [2.05, 4.69) is 58.2 Å². The van der Waals surface area contributed by atoms with Crippen LogP contribution in [0, 0.1) is 6.92 Å². The van der Waals surface area contributed by atoms with Gasteiger partial charge in [0.05, 0.1) is 17.4 Å². The van der Waals surface area contributed by atoms with Crippen LogP contribution in [0.1, 0.15) is 5.56 Å². The fourth-order valence-electron chi connectivity index (χ4n) is 2.27. The summed E-state index contributed by atoms with van der Waals surface area (Å²) in [6.07, 6.45) is 1.91. The predicted molar refractivity (Wildman–Crippen MR) is 79.4 cm³/mol. The number of rotatable bonds is 4. The molecule has 0 radical (unpaired) electrons. The number of anilines is 1. The van der Waals surface area contributed by atoms with Crippen molar-refractivity contribution in [1.82, 2.24) is 9.55 Å². The molecule has 0 saturated heterocycles. The molecule has 3 aromatic rings. The Balaban J connectivity index is 1.68. The Morgan fingerprint density at radius 3 is 2.74 bits per heavy atom. The number of nitrogens with one attached hydrogen (secondary N) is 1. The molecule has 0 aliphatic carbocycles. The van der Waals surface area contributed by atoms with Crippen LogP contribution in [0.5, 0.6) is 0 Å². The van der Waals surface area contributed by atoms with Crippen molar-refractivity contribution < 1.29 is 0 Å². The average molecular weight is 251 g/mol. The van der Waals surface area contributed by atoms with Gasteiger partial charge in [0, 0.05) is 18.8 Å². The molecule has 0 unspecified atom stereocenters. The molecule has 1 heterocycles. The molecule has 0 fully saturated rings. The van der Waals surface area contributed by atoms with Gasteiger partial charge in [0.2, 0.25) is 0 Å². The maximum absolute atomic E-state index is 4.40. The Hall–Kier alpha value is -2.29. The second-order valence-electron chi connectivity index (χ2n) is 4.67. The van der Waals surface area contributed by atoms with E-state index in [1.807, 2.05) is 18.5 Å². The van der Waals surface area contributed by atoms with Gasteiger partial charge < -0.3 is 9.88 Å². The molecule has 1 N–H and O–H groups in total. The standard InChI is InChI=1S/C16H17N3/c1-13-6-2-3-7-14(13)17-10-11-19-12-18-15-8-4-5-9-16(15)19/h2-9,12,17H,10-11H2,1H3. The SMILES string of the molecule is Cc1ccccc1NCCn1cnc2ccccc21. The Morgan fingerprint density at radius 2 is 1.84 bits per heavy atom. The van der Waals surface area contributed by atoms with Crippen molar-refractivity contribution in [2.24, 2.45) is 0 Å². The second-order valence-corrected chi connectivity index (χ2v) is 4.67. The molecule has 2 aromatic carbocycles. The number of fused-ring (bicyclic) bond motifs is 1. The highest BCUT2D eigenvalue weighted by Crippen LogP contribution is 2.14. The van der Waals surface area contributed by atoms with Gasteiger partial charge in [-0.05, 0) is 30.7 Å². The summed E-state index contributed by atoms with van der Waals surface area (Å²) in [5.41, 5.74) is 4.72. The fraction of sp³-hybridized carbons (Fsp3) is 0.188. The number of nitrogens with zero attached hydrogens (tertiary/aromatic N) is 2. The lowest BCUT2D eigenvalue weighted by molar-refractivity contribution is 0.748. The number of benzene rings is 2. The summed E-state index contributed by atoms with van der Waals surface area (Å²) in [5, 5.41) is 3.47. The summed E-state index contributed by atoms with van der Waals surface area (Å²) in [6, 6.07) is 16.6. The highest BCUT2D eigenvalue weighted by Gasteiger charge is 2.01. The van der Waals surface area contributed by atoms with Gasteiger partial charge >= 0.3 is 0 Å². The molecule has 1 aromatic heterocycles. The third kappa shape index (κ3) is 2.45. The van der Waals surface area contributed by atoms with E-state index in [0.29, 0.717) is 0 Å². The molecule has 3 heteroatoms. The molecule has 3 nitrogen and oxygen atoms in total. The number of hydrogen-bond donors (Lipinski definition) is 1. The topological polar surface area (TPSA) is 29.9 Å². The molecule has 0 amide bonds. The minimum atomic E-state index is 0.894. The highest BCUT2D eigenvalue weighted by atomic mass is 15.1. The molecule has 19 heavy (non-hydrogen) atoms. The van der Waals surface area contributed by atoms with E-state index in [1.165, 1.54) is 16.8 Å². The number of imidazole rings is 1. The normalized spacial score (nSPS) is 10.8. The summed E-state index contributed by atoms with van der Waals surface area (Å²) < 4.78 is 2.18. The van der Waals surface area contributed by atoms with Gasteiger partial charge in [0.15, 0.2) is 0 Å². The Bertz CT molecular complexity index is 685. The smallest absolute Gasteiger partial charge is 0.0958 e. The van der Waals surface area contributed by atoms with E-state index < -0.39 is 0 Å². The molecule has 0 saturated carbocycles. The molecular formula is C16H17N3. The highest BCUT2D eigenvalue weighted by molar-refractivity contribution is 5.74. The third-order valence-electron chi connectivity index (χ3n) is 3.34. The van der Waals surface area contributed by atoms with Crippen molar-refractivity contribution in [2.45, 2.75) is 13.5 Å². The monoisotopic (exact) mass is 251 g/mol. The largest absolute Gasteiger partial charge is 0.383 e. The van der Waals surface area contributed by atoms with Crippen LogP contribution in [0.2, 0.25) is 0 Å². The van der Waals surface area contributed by atoms with Gasteiger partial charge in [-0.2, -0.15) is 0 Å². The van der Waals surface area contributed by atoms with E-state index in [1.54, 1.807) is 0 Å². The lowest BCUT2D eigenvalue weighted by Crippen LogP contribution is -2.10. The van der Waals surface area contributed by atoms with E-state index in [0.717, 1.165) is 18.6 Å². The first-order chi connectivity index (χ1) is 9.34. The summed E-state index contributed by atoms with van der Waals surface area (Å²) in [5.74, 6) is 0. The fourth-order valence-corrected chi connectivity index (χ4v) is 2.27. The Kier molecular flexibility index (Phi) is 3.19. The summed E-state index contributed by atoms with van der Waals surface area (Å²) in [6.45, 7) is 3.93. The molecule has 0 aliphatic heterocycles. The van der Waals surface area contributed by atoms with Crippen LogP contribution in [0.3, 0.4) is 0 Å². The van der Waals surface area contributed by atoms with Crippen LogP contribution in [-0.4, -0.2) is 16.1 Å². The Labute approximate surface area is 112 Å². The molecule has 0 spiro atoms. The van der Waals surface area contributed by atoms with Gasteiger partial charge in [-0.25, -0.2) is 4.98 Å². The van der Waals surface area contributed by atoms with E-state index in [4.69, 9.17) is 0 Å². The van der Waals surface area contributed by atoms with Gasteiger partial charge in [-0.1, -0.05) is 30.3 Å². The zero-order chi connectivity index (χ0) is 13.1. The van der Waals surface area contributed by atoms with Crippen molar-refractivity contribution in [2.75, 3.05) is 11.9 Å². The maximum atomic E-state index is 4.40. The van der Waals surface area contributed by atoms with Gasteiger partial charge in [-0.15, -0.1) is 0 Å². The van der Waals surface area contributed by atoms with Crippen molar-refractivity contribution in [3.05, 3.63) is 60.4 Å². The van der Waals surface area contributed by atoms with Crippen LogP contribution in [0.15, 0.2) is 54.9 Å². The second kappa shape index (κ2) is 5.14. The first-order valence-corrected chi connectivity index (χ1v) is 6.54. The van der Waals surface area contributed by atoms with Crippen LogP contribution in [0.4, 0.5) is 5.69 Å². The third-order valence-corrected chi connectivity index (χ3v) is 3.34. The predicted octanol–water partition coefficient (Wildman–Crippen LogP) is 3.46. The first-order valence-electron chi connectivity index (χ1n) is 6.54. The van der Waals surface area contributed by atoms with Crippen LogP contribution in [-0.2, 0) is 6.54 Å². The van der Waals surface area contributed by atoms with Crippen LogP contribution < -0.4 is 5.32 Å². The lowest BCUT2D eigenvalue weighted by Gasteiger charge is -2.10. The molecule has 0 atom stereocenters. The molecule has 96 valence electrons. The van der Waals surface area contributed by atoms with Gasteiger partial charge in [-0.3, -0.25) is 0 Å². The van der Waals surface area contributed by atoms with E-state index in [-0.39, 0.29) is 0 Å². The van der Waals surface area contributed by atoms with Crippen molar-refractivity contribution in [3.8, 4) is 0 Å². The van der Waals surface area contributed by atoms with Gasteiger partial charge in [0.1, 0.15) is 0 Å². The average Bonchev–Trinajstić information content (AvgIpc) is 2.85. The number of aromatic nitrogens is 2. The minimum absolute atomic E-state index is 0.894.